The molecular formula is C30H49O18P3. The lowest BCUT2D eigenvalue weighted by molar-refractivity contribution is -0.139. The van der Waals surface area contributed by atoms with E-state index in [1.165, 1.54) is 7.11 Å². The van der Waals surface area contributed by atoms with Crippen molar-refractivity contribution in [1.82, 2.24) is 0 Å². The molecule has 8 aliphatic heterocycles. The Balaban J connectivity index is 0.982. The molecule has 7 unspecified atom stereocenters. The number of hydrogen-bond acceptors (Lipinski definition) is 15. The number of rotatable bonds is 14. The third-order valence-electron chi connectivity index (χ3n) is 12.0. The molecule has 8 aliphatic rings. The zero-order chi connectivity index (χ0) is 36.6. The Kier molecular flexibility index (Phi) is 9.34. The van der Waals surface area contributed by atoms with Crippen molar-refractivity contribution >= 4 is 22.8 Å². The van der Waals surface area contributed by atoms with Gasteiger partial charge in [-0.2, -0.15) is 0 Å². The molecule has 8 bridgehead atoms. The van der Waals surface area contributed by atoms with E-state index in [1.54, 1.807) is 20.8 Å². The van der Waals surface area contributed by atoms with Crippen LogP contribution in [-0.2, 0) is 69.9 Å². The summed E-state index contributed by atoms with van der Waals surface area (Å²) in [6.45, 7) is 8.73. The zero-order valence-corrected chi connectivity index (χ0v) is 32.1. The first-order valence-electron chi connectivity index (χ1n) is 17.5. The summed E-state index contributed by atoms with van der Waals surface area (Å²) in [5.74, 6) is 0. The number of hydrogen-bond donors (Lipinski definition) is 3. The number of ether oxygens (including phenoxy) is 9. The normalized spacial score (nSPS) is 54.3. The molecule has 8 rings (SSSR count). The Morgan fingerprint density at radius 1 is 0.529 bits per heavy atom. The standard InChI is InChI=1S/C30H49O18P3/c1-7-27-8-38-20(16(3)42-27)24(27)46-50(33,34)13-29-10-40-22(18(5)44-29)26(29)48-51(35,36)14-30-11-41-21(17(4)45-30)25(30)47-49(31,32)12-28-9-39-19(15(2)43-28)23(28)37-6/h15-26H,7-14H2,1-6H3,(H,31,32)(H,33,34)(H,35,36)/t15-,16-,17-,18-,19+,20+,21+,22+,23?,24?,25?,26?,27-,28+,29+,30+/m0/s1. The third kappa shape index (κ3) is 6.07. The quantitative estimate of drug-likeness (QED) is 0.211. The van der Waals surface area contributed by atoms with Crippen LogP contribution in [-0.4, -0.2) is 162 Å². The van der Waals surface area contributed by atoms with Crippen LogP contribution < -0.4 is 0 Å². The van der Waals surface area contributed by atoms with Gasteiger partial charge in [0.25, 0.3) is 0 Å². The first-order valence-corrected chi connectivity index (χ1v) is 22.8. The van der Waals surface area contributed by atoms with Gasteiger partial charge in [0, 0.05) is 7.11 Å². The number of fused-ring (bicyclic) bond motifs is 8. The Bertz CT molecular complexity index is 1540. The summed E-state index contributed by atoms with van der Waals surface area (Å²) in [4.78, 5) is 34.0. The van der Waals surface area contributed by atoms with Gasteiger partial charge in [0.05, 0.1) is 69.3 Å². The summed E-state index contributed by atoms with van der Waals surface area (Å²) in [5, 5.41) is 0. The van der Waals surface area contributed by atoms with Crippen LogP contribution >= 0.6 is 22.8 Å². The highest BCUT2D eigenvalue weighted by molar-refractivity contribution is 7.53. The highest BCUT2D eigenvalue weighted by Gasteiger charge is 2.70. The summed E-state index contributed by atoms with van der Waals surface area (Å²) < 4.78 is 113. The van der Waals surface area contributed by atoms with Gasteiger partial charge >= 0.3 is 22.8 Å². The Morgan fingerprint density at radius 3 is 1.12 bits per heavy atom. The highest BCUT2D eigenvalue weighted by atomic mass is 31.2. The molecule has 0 aliphatic carbocycles. The van der Waals surface area contributed by atoms with Crippen LogP contribution in [0.1, 0.15) is 41.0 Å². The Hall–Kier alpha value is 0.0900. The van der Waals surface area contributed by atoms with Crippen molar-refractivity contribution in [3.05, 3.63) is 0 Å². The van der Waals surface area contributed by atoms with Gasteiger partial charge in [-0.3, -0.25) is 27.3 Å². The van der Waals surface area contributed by atoms with Gasteiger partial charge in [0.2, 0.25) is 0 Å². The van der Waals surface area contributed by atoms with Crippen LogP contribution in [0, 0.1) is 0 Å². The van der Waals surface area contributed by atoms with E-state index < -0.39 is 125 Å². The molecule has 0 aromatic carbocycles. The fourth-order valence-corrected chi connectivity index (χ4v) is 15.2. The van der Waals surface area contributed by atoms with Gasteiger partial charge < -0.3 is 57.3 Å². The second kappa shape index (κ2) is 12.5. The van der Waals surface area contributed by atoms with Gasteiger partial charge in [-0.25, -0.2) is 0 Å². The minimum absolute atomic E-state index is 0.0385. The predicted molar refractivity (Wildman–Crippen MR) is 172 cm³/mol. The topological polar surface area (TPSA) is 223 Å². The van der Waals surface area contributed by atoms with E-state index in [-0.39, 0.29) is 38.6 Å². The van der Waals surface area contributed by atoms with E-state index in [9.17, 15) is 28.4 Å². The monoisotopic (exact) mass is 790 g/mol. The van der Waals surface area contributed by atoms with E-state index in [1.807, 2.05) is 13.8 Å². The molecule has 0 aromatic rings. The molecule has 19 atom stereocenters. The predicted octanol–water partition coefficient (Wildman–Crippen LogP) is 1.35. The summed E-state index contributed by atoms with van der Waals surface area (Å²) in [6.07, 6.45) is -9.62. The van der Waals surface area contributed by atoms with Crippen molar-refractivity contribution in [3.8, 4) is 0 Å². The van der Waals surface area contributed by atoms with Crippen molar-refractivity contribution in [3.63, 3.8) is 0 Å². The first kappa shape index (κ1) is 38.0. The summed E-state index contributed by atoms with van der Waals surface area (Å²) in [5.41, 5.74) is -5.32. The van der Waals surface area contributed by atoms with Gasteiger partial charge in [0.1, 0.15) is 71.2 Å². The van der Waals surface area contributed by atoms with Gasteiger partial charge in [-0.15, -0.1) is 0 Å². The smallest absolute Gasteiger partial charge is 0.331 e. The van der Waals surface area contributed by atoms with Crippen LogP contribution in [0.2, 0.25) is 0 Å². The van der Waals surface area contributed by atoms with Crippen molar-refractivity contribution in [1.29, 1.82) is 0 Å². The molecule has 8 heterocycles. The molecule has 8 saturated heterocycles. The van der Waals surface area contributed by atoms with Gasteiger partial charge in [-0.1, -0.05) is 6.92 Å². The summed E-state index contributed by atoms with van der Waals surface area (Å²) in [7, 11) is -12.2. The summed E-state index contributed by atoms with van der Waals surface area (Å²) >= 11 is 0. The first-order chi connectivity index (χ1) is 23.8. The van der Waals surface area contributed by atoms with Crippen LogP contribution in [0.25, 0.3) is 0 Å². The molecule has 0 amide bonds. The van der Waals surface area contributed by atoms with Gasteiger partial charge in [-0.05, 0) is 34.1 Å². The van der Waals surface area contributed by atoms with Crippen LogP contribution in [0.4, 0.5) is 0 Å². The van der Waals surface area contributed by atoms with Crippen LogP contribution in [0.3, 0.4) is 0 Å². The minimum Gasteiger partial charge on any atom is -0.376 e. The number of methoxy groups -OCH3 is 1. The lowest BCUT2D eigenvalue weighted by Crippen LogP contribution is -2.49. The van der Waals surface area contributed by atoms with Crippen molar-refractivity contribution in [2.75, 3.05) is 52.0 Å². The van der Waals surface area contributed by atoms with Crippen LogP contribution in [0.15, 0.2) is 0 Å². The van der Waals surface area contributed by atoms with E-state index >= 15 is 0 Å². The van der Waals surface area contributed by atoms with Crippen molar-refractivity contribution in [2.45, 2.75) is 137 Å². The molecule has 3 N–H and O–H groups in total. The van der Waals surface area contributed by atoms with Crippen molar-refractivity contribution < 1.29 is 84.6 Å². The van der Waals surface area contributed by atoms with Gasteiger partial charge in [0.15, 0.2) is 0 Å². The Morgan fingerprint density at radius 2 is 0.804 bits per heavy atom. The summed E-state index contributed by atoms with van der Waals surface area (Å²) in [6, 6.07) is 0. The lowest BCUT2D eigenvalue weighted by atomic mass is 9.96. The van der Waals surface area contributed by atoms with Crippen LogP contribution in [0.5, 0.6) is 0 Å². The second-order valence-corrected chi connectivity index (χ2v) is 21.0. The molecule has 0 spiro atoms. The van der Waals surface area contributed by atoms with E-state index in [0.717, 1.165) is 0 Å². The molecule has 0 saturated carbocycles. The largest absolute Gasteiger partial charge is 0.376 e. The van der Waals surface area contributed by atoms with E-state index in [2.05, 4.69) is 0 Å². The molecular weight excluding hydrogens is 741 g/mol. The zero-order valence-electron chi connectivity index (χ0n) is 29.4. The maximum atomic E-state index is 14.1. The average molecular weight is 791 g/mol. The molecule has 292 valence electrons. The fraction of sp³-hybridized carbons (Fsp3) is 1.00. The average Bonchev–Trinajstić information content (AvgIpc) is 3.88. The van der Waals surface area contributed by atoms with E-state index in [4.69, 9.17) is 56.2 Å². The molecule has 8 fully saturated rings. The fourth-order valence-electron chi connectivity index (χ4n) is 9.89. The third-order valence-corrected chi connectivity index (χ3v) is 16.4. The highest BCUT2D eigenvalue weighted by Crippen LogP contribution is 2.63. The second-order valence-electron chi connectivity index (χ2n) is 15.6. The molecule has 51 heavy (non-hydrogen) atoms. The molecule has 0 radical (unpaired) electrons. The maximum absolute atomic E-state index is 14.1. The minimum atomic E-state index is -4.71. The molecule has 18 nitrogen and oxygen atoms in total. The SMILES string of the molecule is CC[C@]12CO[C@@H](C1OP(=O)(O)C[C@]13CO[C@@H](C1OP(=O)(O)C[C@]14CO[C@@H](C1OP(=O)(O)C[C@]15CO[C@@H](C1OC)[C@H](C)O5)[C@H](C)O4)[C@H](C)O3)[C@H](C)O2. The lowest BCUT2D eigenvalue weighted by Gasteiger charge is -2.36. The maximum Gasteiger partial charge on any atom is 0.331 e. The Labute approximate surface area is 295 Å². The van der Waals surface area contributed by atoms with E-state index in [0.29, 0.717) is 6.42 Å². The molecule has 0 aromatic heterocycles. The molecule has 21 heteroatoms. The van der Waals surface area contributed by atoms with Crippen molar-refractivity contribution in [2.24, 2.45) is 0 Å².